The van der Waals surface area contributed by atoms with E-state index in [9.17, 15) is 10.1 Å². The molecular formula is C14H16N4O3. The van der Waals surface area contributed by atoms with Crippen molar-refractivity contribution in [3.05, 3.63) is 39.7 Å². The summed E-state index contributed by atoms with van der Waals surface area (Å²) in [4.78, 5) is 15.1. The van der Waals surface area contributed by atoms with E-state index in [1.54, 1.807) is 12.1 Å². The van der Waals surface area contributed by atoms with Crippen LogP contribution in [0.4, 0.5) is 5.69 Å². The molecule has 7 nitrogen and oxygen atoms in total. The zero-order valence-electron chi connectivity index (χ0n) is 11.7. The summed E-state index contributed by atoms with van der Waals surface area (Å²) < 4.78 is 5.26. The van der Waals surface area contributed by atoms with E-state index in [2.05, 4.69) is 15.5 Å². The molecule has 21 heavy (non-hydrogen) atoms. The van der Waals surface area contributed by atoms with Gasteiger partial charge in [0.05, 0.1) is 4.92 Å². The number of aromatic nitrogens is 2. The van der Waals surface area contributed by atoms with Crippen LogP contribution in [0.5, 0.6) is 0 Å². The maximum Gasteiger partial charge on any atom is 0.282 e. The SMILES string of the molecule is Cc1ccc([N+](=O)[O-])c(-c2nc(C3CCCNC3)no2)c1. The lowest BCUT2D eigenvalue weighted by molar-refractivity contribution is -0.384. The Labute approximate surface area is 121 Å². The minimum atomic E-state index is -0.430. The van der Waals surface area contributed by atoms with E-state index < -0.39 is 4.92 Å². The third-order valence-corrected chi connectivity index (χ3v) is 3.68. The molecule has 0 radical (unpaired) electrons. The number of hydrogen-bond donors (Lipinski definition) is 1. The van der Waals surface area contributed by atoms with E-state index in [-0.39, 0.29) is 17.5 Å². The summed E-state index contributed by atoms with van der Waals surface area (Å²) in [5.74, 6) is 1.04. The number of nitrogens with one attached hydrogen (secondary N) is 1. The molecule has 110 valence electrons. The van der Waals surface area contributed by atoms with Crippen LogP contribution in [0.1, 0.15) is 30.1 Å². The molecule has 1 N–H and O–H groups in total. The summed E-state index contributed by atoms with van der Waals surface area (Å²) in [7, 11) is 0. The molecule has 0 bridgehead atoms. The number of nitro groups is 1. The summed E-state index contributed by atoms with van der Waals surface area (Å²) in [5.41, 5.74) is 1.27. The molecule has 1 aromatic heterocycles. The lowest BCUT2D eigenvalue weighted by Gasteiger charge is -2.19. The Morgan fingerprint density at radius 3 is 3.05 bits per heavy atom. The number of hydrogen-bond acceptors (Lipinski definition) is 6. The van der Waals surface area contributed by atoms with Gasteiger partial charge in [-0.25, -0.2) is 0 Å². The molecule has 0 amide bonds. The van der Waals surface area contributed by atoms with Crippen molar-refractivity contribution in [1.29, 1.82) is 0 Å². The Morgan fingerprint density at radius 2 is 2.33 bits per heavy atom. The number of piperidine rings is 1. The van der Waals surface area contributed by atoms with Gasteiger partial charge >= 0.3 is 0 Å². The molecule has 0 saturated carbocycles. The third kappa shape index (κ3) is 2.78. The summed E-state index contributed by atoms with van der Waals surface area (Å²) >= 11 is 0. The van der Waals surface area contributed by atoms with Gasteiger partial charge in [-0.1, -0.05) is 11.2 Å². The molecule has 1 aromatic carbocycles. The molecule has 1 unspecified atom stereocenters. The highest BCUT2D eigenvalue weighted by Crippen LogP contribution is 2.31. The van der Waals surface area contributed by atoms with Crippen LogP contribution in [0, 0.1) is 17.0 Å². The van der Waals surface area contributed by atoms with E-state index in [1.807, 2.05) is 6.92 Å². The highest BCUT2D eigenvalue weighted by Gasteiger charge is 2.24. The lowest BCUT2D eigenvalue weighted by Crippen LogP contribution is -2.28. The maximum absolute atomic E-state index is 11.1. The fraction of sp³-hybridized carbons (Fsp3) is 0.429. The molecule has 2 aromatic rings. The van der Waals surface area contributed by atoms with Gasteiger partial charge in [0.15, 0.2) is 5.82 Å². The fourth-order valence-corrected chi connectivity index (χ4v) is 2.56. The van der Waals surface area contributed by atoms with E-state index >= 15 is 0 Å². The Morgan fingerprint density at radius 1 is 1.48 bits per heavy atom. The van der Waals surface area contributed by atoms with Crippen LogP contribution < -0.4 is 5.32 Å². The van der Waals surface area contributed by atoms with Gasteiger partial charge in [0, 0.05) is 18.5 Å². The van der Waals surface area contributed by atoms with Gasteiger partial charge in [-0.15, -0.1) is 0 Å². The summed E-state index contributed by atoms with van der Waals surface area (Å²) in [6.45, 7) is 3.69. The second kappa shape index (κ2) is 5.61. The first-order valence-corrected chi connectivity index (χ1v) is 6.95. The fourth-order valence-electron chi connectivity index (χ4n) is 2.56. The Kier molecular flexibility index (Phi) is 3.66. The van der Waals surface area contributed by atoms with Gasteiger partial charge in [-0.05, 0) is 37.9 Å². The van der Waals surface area contributed by atoms with Crippen LogP contribution in [0.2, 0.25) is 0 Å². The molecule has 3 rings (SSSR count). The molecule has 0 spiro atoms. The maximum atomic E-state index is 11.1. The van der Waals surface area contributed by atoms with E-state index in [1.165, 1.54) is 6.07 Å². The molecule has 1 fully saturated rings. The standard InChI is InChI=1S/C14H16N4O3/c1-9-4-5-12(18(19)20)11(7-9)14-16-13(17-21-14)10-3-2-6-15-8-10/h4-5,7,10,15H,2-3,6,8H2,1H3. The van der Waals surface area contributed by atoms with Gasteiger partial charge in [-0.3, -0.25) is 10.1 Å². The first-order valence-electron chi connectivity index (χ1n) is 6.95. The predicted octanol–water partition coefficient (Wildman–Crippen LogP) is 2.42. The van der Waals surface area contributed by atoms with Crippen LogP contribution in [0.15, 0.2) is 22.7 Å². The minimum absolute atomic E-state index is 0.0161. The number of rotatable bonds is 3. The van der Waals surface area contributed by atoms with E-state index in [4.69, 9.17) is 4.52 Å². The summed E-state index contributed by atoms with van der Waals surface area (Å²) in [6, 6.07) is 4.87. The van der Waals surface area contributed by atoms with E-state index in [0.29, 0.717) is 11.4 Å². The Hall–Kier alpha value is -2.28. The second-order valence-electron chi connectivity index (χ2n) is 5.28. The monoisotopic (exact) mass is 288 g/mol. The van der Waals surface area contributed by atoms with Gasteiger partial charge in [0.1, 0.15) is 5.56 Å². The van der Waals surface area contributed by atoms with E-state index in [0.717, 1.165) is 31.5 Å². The second-order valence-corrected chi connectivity index (χ2v) is 5.28. The highest BCUT2D eigenvalue weighted by atomic mass is 16.6. The first-order chi connectivity index (χ1) is 10.1. The van der Waals surface area contributed by atoms with Crippen molar-refractivity contribution in [1.82, 2.24) is 15.5 Å². The highest BCUT2D eigenvalue weighted by molar-refractivity contribution is 5.67. The summed E-state index contributed by atoms with van der Waals surface area (Å²) in [6.07, 6.45) is 2.07. The topological polar surface area (TPSA) is 94.1 Å². The first kappa shape index (κ1) is 13.7. The lowest BCUT2D eigenvalue weighted by atomic mass is 9.99. The molecule has 7 heteroatoms. The van der Waals surface area contributed by atoms with Crippen LogP contribution in [0.3, 0.4) is 0 Å². The zero-order valence-corrected chi connectivity index (χ0v) is 11.7. The Balaban J connectivity index is 1.95. The largest absolute Gasteiger partial charge is 0.334 e. The molecule has 1 atom stereocenters. The molecular weight excluding hydrogens is 272 g/mol. The molecule has 1 aliphatic rings. The summed E-state index contributed by atoms with van der Waals surface area (Å²) in [5, 5.41) is 18.4. The van der Waals surface area contributed by atoms with Crippen LogP contribution in [-0.4, -0.2) is 28.2 Å². The number of nitrogens with zero attached hydrogens (tertiary/aromatic N) is 3. The van der Waals surface area contributed by atoms with Crippen molar-refractivity contribution >= 4 is 5.69 Å². The zero-order chi connectivity index (χ0) is 14.8. The minimum Gasteiger partial charge on any atom is -0.334 e. The number of benzene rings is 1. The van der Waals surface area contributed by atoms with Crippen molar-refractivity contribution in [2.75, 3.05) is 13.1 Å². The Bertz CT molecular complexity index is 662. The smallest absolute Gasteiger partial charge is 0.282 e. The number of nitro benzene ring substituents is 1. The van der Waals surface area contributed by atoms with Gasteiger partial charge in [0.25, 0.3) is 11.6 Å². The van der Waals surface area contributed by atoms with Crippen LogP contribution >= 0.6 is 0 Å². The van der Waals surface area contributed by atoms with Crippen molar-refractivity contribution in [2.24, 2.45) is 0 Å². The predicted molar refractivity (Wildman–Crippen MR) is 76.0 cm³/mol. The molecule has 0 aliphatic carbocycles. The van der Waals surface area contributed by atoms with Gasteiger partial charge < -0.3 is 9.84 Å². The average Bonchev–Trinajstić information content (AvgIpc) is 2.97. The van der Waals surface area contributed by atoms with Crippen LogP contribution in [-0.2, 0) is 0 Å². The van der Waals surface area contributed by atoms with Crippen molar-refractivity contribution in [3.8, 4) is 11.5 Å². The van der Waals surface area contributed by atoms with Crippen molar-refractivity contribution in [2.45, 2.75) is 25.7 Å². The molecule has 2 heterocycles. The molecule has 1 aliphatic heterocycles. The normalized spacial score (nSPS) is 18.6. The van der Waals surface area contributed by atoms with Crippen LogP contribution in [0.25, 0.3) is 11.5 Å². The third-order valence-electron chi connectivity index (χ3n) is 3.68. The van der Waals surface area contributed by atoms with Gasteiger partial charge in [0.2, 0.25) is 0 Å². The van der Waals surface area contributed by atoms with Crippen molar-refractivity contribution in [3.63, 3.8) is 0 Å². The quantitative estimate of drug-likeness (QED) is 0.688. The van der Waals surface area contributed by atoms with Gasteiger partial charge in [-0.2, -0.15) is 4.98 Å². The average molecular weight is 288 g/mol. The van der Waals surface area contributed by atoms with Crippen molar-refractivity contribution < 1.29 is 9.45 Å². The molecule has 1 saturated heterocycles. The number of aryl methyl sites for hydroxylation is 1.